The second kappa shape index (κ2) is 8.57. The molecular weight excluding hydrogens is 359 g/mol. The Morgan fingerprint density at radius 2 is 1.96 bits per heavy atom. The molecule has 1 saturated carbocycles. The molecule has 3 aliphatic rings. The Morgan fingerprint density at radius 3 is 2.68 bits per heavy atom. The van der Waals surface area contributed by atoms with Crippen molar-refractivity contribution in [3.8, 4) is 0 Å². The van der Waals surface area contributed by atoms with Gasteiger partial charge in [-0.25, -0.2) is 19.8 Å². The Kier molecular flexibility index (Phi) is 6.10. The third-order valence-electron chi connectivity index (χ3n) is 6.34. The zero-order valence-electron chi connectivity index (χ0n) is 17.1. The number of nitrogens with one attached hydrogen (secondary N) is 2. The highest BCUT2D eigenvalue weighted by molar-refractivity contribution is 5.40. The number of piperazine rings is 1. The standard InChI is InChI=1S/C20H33FN6O/c1-4-26-5-7-27(8-6-26)19-11-17(22-12-23-19)20-14-9-18(28-13(2)3)15(21)10-16(14)24-25-20/h11-16,18,20,24-25H,4-10H2,1-3H3. The van der Waals surface area contributed by atoms with Gasteiger partial charge in [0, 0.05) is 44.2 Å². The molecule has 8 heteroatoms. The van der Waals surface area contributed by atoms with Crippen LogP contribution in [0.4, 0.5) is 10.2 Å². The maximum absolute atomic E-state index is 14.5. The molecule has 28 heavy (non-hydrogen) atoms. The van der Waals surface area contributed by atoms with Gasteiger partial charge < -0.3 is 14.5 Å². The molecule has 1 aliphatic carbocycles. The van der Waals surface area contributed by atoms with Gasteiger partial charge in [0.1, 0.15) is 18.3 Å². The van der Waals surface area contributed by atoms with Gasteiger partial charge in [-0.1, -0.05) is 6.92 Å². The van der Waals surface area contributed by atoms with E-state index in [1.807, 2.05) is 13.8 Å². The molecule has 0 spiro atoms. The van der Waals surface area contributed by atoms with E-state index in [4.69, 9.17) is 4.74 Å². The molecule has 3 fully saturated rings. The fourth-order valence-electron chi connectivity index (χ4n) is 4.77. The number of rotatable bonds is 5. The van der Waals surface area contributed by atoms with Crippen LogP contribution in [0.15, 0.2) is 12.4 Å². The third-order valence-corrected chi connectivity index (χ3v) is 6.34. The van der Waals surface area contributed by atoms with Crippen LogP contribution < -0.4 is 15.8 Å². The summed E-state index contributed by atoms with van der Waals surface area (Å²) in [4.78, 5) is 13.9. The van der Waals surface area contributed by atoms with E-state index < -0.39 is 6.17 Å². The number of hydrogen-bond donors (Lipinski definition) is 2. The summed E-state index contributed by atoms with van der Waals surface area (Å²) >= 11 is 0. The van der Waals surface area contributed by atoms with Crippen LogP contribution in [0.3, 0.4) is 0 Å². The minimum Gasteiger partial charge on any atom is -0.373 e. The third kappa shape index (κ3) is 4.15. The number of anilines is 1. The van der Waals surface area contributed by atoms with Crippen LogP contribution in [0.1, 0.15) is 45.3 Å². The van der Waals surface area contributed by atoms with Crippen molar-refractivity contribution in [2.45, 2.75) is 64.1 Å². The number of fused-ring (bicyclic) bond motifs is 1. The van der Waals surface area contributed by atoms with E-state index in [-0.39, 0.29) is 30.2 Å². The molecule has 3 heterocycles. The molecule has 4 rings (SSSR count). The van der Waals surface area contributed by atoms with E-state index in [1.54, 1.807) is 6.33 Å². The van der Waals surface area contributed by atoms with Crippen LogP contribution >= 0.6 is 0 Å². The number of likely N-dealkylation sites (N-methyl/N-ethyl adjacent to an activating group) is 1. The molecule has 156 valence electrons. The Hall–Kier alpha value is -1.35. The number of halogens is 1. The molecule has 2 aliphatic heterocycles. The van der Waals surface area contributed by atoms with Crippen LogP contribution in [-0.4, -0.2) is 72.0 Å². The molecule has 7 nitrogen and oxygen atoms in total. The molecule has 0 bridgehead atoms. The Balaban J connectivity index is 1.47. The molecule has 0 radical (unpaired) electrons. The van der Waals surface area contributed by atoms with Crippen molar-refractivity contribution in [1.82, 2.24) is 25.7 Å². The topological polar surface area (TPSA) is 65.5 Å². The molecule has 2 saturated heterocycles. The first kappa shape index (κ1) is 19.9. The van der Waals surface area contributed by atoms with Gasteiger partial charge in [0.15, 0.2) is 0 Å². The maximum atomic E-state index is 14.5. The molecule has 0 aromatic carbocycles. The van der Waals surface area contributed by atoms with E-state index >= 15 is 0 Å². The molecule has 1 aromatic heterocycles. The van der Waals surface area contributed by atoms with Gasteiger partial charge in [0.2, 0.25) is 0 Å². The van der Waals surface area contributed by atoms with Crippen molar-refractivity contribution in [3.05, 3.63) is 18.1 Å². The predicted molar refractivity (Wildman–Crippen MR) is 107 cm³/mol. The predicted octanol–water partition coefficient (Wildman–Crippen LogP) is 1.68. The number of ether oxygens (including phenoxy) is 1. The Morgan fingerprint density at radius 1 is 1.18 bits per heavy atom. The molecule has 5 atom stereocenters. The summed E-state index contributed by atoms with van der Waals surface area (Å²) in [6.07, 6.45) is 1.61. The van der Waals surface area contributed by atoms with E-state index in [2.05, 4.69) is 43.6 Å². The van der Waals surface area contributed by atoms with Gasteiger partial charge in [-0.2, -0.15) is 0 Å². The molecular formula is C20H33FN6O. The molecule has 0 amide bonds. The van der Waals surface area contributed by atoms with E-state index in [0.717, 1.165) is 44.2 Å². The number of hydrazine groups is 1. The summed E-state index contributed by atoms with van der Waals surface area (Å²) in [5, 5.41) is 0. The monoisotopic (exact) mass is 392 g/mol. The SMILES string of the molecule is CCN1CCN(c2cc(C3NNC4CC(F)C(OC(C)C)CC43)ncn2)CC1. The van der Waals surface area contributed by atoms with E-state index in [0.29, 0.717) is 12.8 Å². The van der Waals surface area contributed by atoms with Crippen molar-refractivity contribution < 1.29 is 9.13 Å². The minimum absolute atomic E-state index is 0.0352. The van der Waals surface area contributed by atoms with Crippen molar-refractivity contribution in [2.24, 2.45) is 5.92 Å². The van der Waals surface area contributed by atoms with Crippen LogP contribution in [0.5, 0.6) is 0 Å². The van der Waals surface area contributed by atoms with Crippen molar-refractivity contribution in [2.75, 3.05) is 37.6 Å². The summed E-state index contributed by atoms with van der Waals surface area (Å²) in [5.41, 5.74) is 7.64. The second-order valence-corrected chi connectivity index (χ2v) is 8.47. The lowest BCUT2D eigenvalue weighted by molar-refractivity contribution is -0.0708. The first-order valence-electron chi connectivity index (χ1n) is 10.6. The van der Waals surface area contributed by atoms with E-state index in [9.17, 15) is 4.39 Å². The number of alkyl halides is 1. The summed E-state index contributed by atoms with van der Waals surface area (Å²) in [7, 11) is 0. The summed E-state index contributed by atoms with van der Waals surface area (Å²) in [6, 6.07) is 2.26. The lowest BCUT2D eigenvalue weighted by Crippen LogP contribution is -2.46. The highest BCUT2D eigenvalue weighted by atomic mass is 19.1. The zero-order chi connectivity index (χ0) is 19.7. The van der Waals surface area contributed by atoms with Gasteiger partial charge in [0.25, 0.3) is 0 Å². The molecule has 5 unspecified atom stereocenters. The van der Waals surface area contributed by atoms with Gasteiger partial charge in [-0.05, 0) is 33.2 Å². The fraction of sp³-hybridized carbons (Fsp3) is 0.800. The lowest BCUT2D eigenvalue weighted by atomic mass is 9.78. The van der Waals surface area contributed by atoms with Crippen molar-refractivity contribution in [1.29, 1.82) is 0 Å². The first-order valence-corrected chi connectivity index (χ1v) is 10.6. The smallest absolute Gasteiger partial charge is 0.132 e. The van der Waals surface area contributed by atoms with Crippen LogP contribution in [0.25, 0.3) is 0 Å². The summed E-state index contributed by atoms with van der Waals surface area (Å²) < 4.78 is 20.4. The van der Waals surface area contributed by atoms with Crippen LogP contribution in [-0.2, 0) is 4.74 Å². The fourth-order valence-corrected chi connectivity index (χ4v) is 4.77. The average Bonchev–Trinajstić information content (AvgIpc) is 3.10. The summed E-state index contributed by atoms with van der Waals surface area (Å²) in [5.74, 6) is 1.25. The average molecular weight is 393 g/mol. The van der Waals surface area contributed by atoms with Gasteiger partial charge >= 0.3 is 0 Å². The summed E-state index contributed by atoms with van der Waals surface area (Å²) in [6.45, 7) is 11.3. The zero-order valence-corrected chi connectivity index (χ0v) is 17.1. The quantitative estimate of drug-likeness (QED) is 0.790. The Labute approximate surface area is 167 Å². The van der Waals surface area contributed by atoms with Gasteiger partial charge in [-0.3, -0.25) is 5.43 Å². The maximum Gasteiger partial charge on any atom is 0.132 e. The van der Waals surface area contributed by atoms with Gasteiger partial charge in [-0.15, -0.1) is 0 Å². The van der Waals surface area contributed by atoms with Crippen LogP contribution in [0, 0.1) is 5.92 Å². The molecule has 2 N–H and O–H groups in total. The molecule has 1 aromatic rings. The number of hydrogen-bond acceptors (Lipinski definition) is 7. The highest BCUT2D eigenvalue weighted by Crippen LogP contribution is 2.40. The normalized spacial score (nSPS) is 34.0. The van der Waals surface area contributed by atoms with Crippen molar-refractivity contribution >= 4 is 5.82 Å². The van der Waals surface area contributed by atoms with Crippen molar-refractivity contribution in [3.63, 3.8) is 0 Å². The second-order valence-electron chi connectivity index (χ2n) is 8.47. The Bertz CT molecular complexity index is 653. The highest BCUT2D eigenvalue weighted by Gasteiger charge is 2.46. The number of nitrogens with zero attached hydrogens (tertiary/aromatic N) is 4. The number of aromatic nitrogens is 2. The minimum atomic E-state index is -0.924. The van der Waals surface area contributed by atoms with Gasteiger partial charge in [0.05, 0.1) is 23.9 Å². The lowest BCUT2D eigenvalue weighted by Gasteiger charge is -2.36. The van der Waals surface area contributed by atoms with E-state index in [1.165, 1.54) is 0 Å². The largest absolute Gasteiger partial charge is 0.373 e. The van der Waals surface area contributed by atoms with Crippen LogP contribution in [0.2, 0.25) is 0 Å². The first-order chi connectivity index (χ1) is 13.5.